The average molecular weight is 271 g/mol. The molecule has 0 spiro atoms. The molecule has 0 bridgehead atoms. The van der Waals surface area contributed by atoms with Gasteiger partial charge >= 0.3 is 11.9 Å². The summed E-state index contributed by atoms with van der Waals surface area (Å²) < 4.78 is 9.76. The number of hydrogen-bond acceptors (Lipinski definition) is 5. The number of hydrogen-bond donors (Lipinski definition) is 1. The monoisotopic (exact) mass is 271 g/mol. The molecule has 1 aliphatic rings. The smallest absolute Gasteiger partial charge is 0.311 e. The van der Waals surface area contributed by atoms with E-state index in [1.54, 1.807) is 0 Å². The molecule has 0 aromatic heterocycles. The minimum absolute atomic E-state index is 0.0658. The molecule has 0 unspecified atom stereocenters. The van der Waals surface area contributed by atoms with Gasteiger partial charge in [0.15, 0.2) is 0 Å². The quantitative estimate of drug-likeness (QED) is 0.779. The lowest BCUT2D eigenvalue weighted by Crippen LogP contribution is -2.39. The van der Waals surface area contributed by atoms with Crippen molar-refractivity contribution in [2.75, 3.05) is 14.2 Å². The second-order valence-corrected chi connectivity index (χ2v) is 5.80. The Labute approximate surface area is 115 Å². The summed E-state index contributed by atoms with van der Waals surface area (Å²) in [7, 11) is 2.72. The van der Waals surface area contributed by atoms with E-state index in [0.717, 1.165) is 0 Å². The maximum absolute atomic E-state index is 12.1. The van der Waals surface area contributed by atoms with E-state index in [1.807, 2.05) is 27.7 Å². The maximum Gasteiger partial charge on any atom is 0.311 e. The molecular formula is C14H25NO4. The first-order chi connectivity index (χ1) is 8.84. The zero-order chi connectivity index (χ0) is 14.7. The number of rotatable bonds is 4. The Kier molecular flexibility index (Phi) is 5.35. The lowest BCUT2D eigenvalue weighted by molar-refractivity contribution is -0.157. The molecule has 19 heavy (non-hydrogen) atoms. The van der Waals surface area contributed by atoms with Gasteiger partial charge in [0.05, 0.1) is 26.1 Å². The van der Waals surface area contributed by atoms with Gasteiger partial charge in [0, 0.05) is 12.1 Å². The Morgan fingerprint density at radius 2 is 1.16 bits per heavy atom. The fraction of sp³-hybridized carbons (Fsp3) is 0.857. The van der Waals surface area contributed by atoms with E-state index in [9.17, 15) is 9.59 Å². The highest BCUT2D eigenvalue weighted by Gasteiger charge is 2.53. The van der Waals surface area contributed by atoms with E-state index >= 15 is 0 Å². The summed E-state index contributed by atoms with van der Waals surface area (Å²) in [6, 6.07) is -0.132. The minimum atomic E-state index is -0.482. The van der Waals surface area contributed by atoms with E-state index < -0.39 is 11.8 Å². The van der Waals surface area contributed by atoms with E-state index in [2.05, 4.69) is 5.32 Å². The van der Waals surface area contributed by atoms with Gasteiger partial charge in [0.2, 0.25) is 0 Å². The van der Waals surface area contributed by atoms with Crippen molar-refractivity contribution < 1.29 is 19.1 Å². The molecule has 1 heterocycles. The number of ether oxygens (including phenoxy) is 2. The lowest BCUT2D eigenvalue weighted by Gasteiger charge is -2.23. The maximum atomic E-state index is 12.1. The van der Waals surface area contributed by atoms with Gasteiger partial charge in [-0.2, -0.15) is 0 Å². The van der Waals surface area contributed by atoms with Crippen molar-refractivity contribution in [1.29, 1.82) is 0 Å². The molecule has 0 amide bonds. The zero-order valence-electron chi connectivity index (χ0n) is 12.6. The van der Waals surface area contributed by atoms with Crippen LogP contribution in [0.15, 0.2) is 0 Å². The third-order valence-corrected chi connectivity index (χ3v) is 3.93. The fourth-order valence-electron chi connectivity index (χ4n) is 2.95. The van der Waals surface area contributed by atoms with Crippen LogP contribution in [0.4, 0.5) is 0 Å². The number of carbonyl (C=O) groups is 2. The van der Waals surface area contributed by atoms with Crippen LogP contribution >= 0.6 is 0 Å². The van der Waals surface area contributed by atoms with Crippen molar-refractivity contribution in [3.63, 3.8) is 0 Å². The molecule has 1 fully saturated rings. The Morgan fingerprint density at radius 1 is 0.842 bits per heavy atom. The molecule has 110 valence electrons. The topological polar surface area (TPSA) is 64.6 Å². The summed E-state index contributed by atoms with van der Waals surface area (Å²) in [4.78, 5) is 24.1. The molecule has 1 rings (SSSR count). The zero-order valence-corrected chi connectivity index (χ0v) is 12.6. The number of esters is 2. The van der Waals surface area contributed by atoms with Crippen molar-refractivity contribution in [1.82, 2.24) is 5.32 Å². The van der Waals surface area contributed by atoms with E-state index in [1.165, 1.54) is 14.2 Å². The highest BCUT2D eigenvalue weighted by atomic mass is 16.5. The minimum Gasteiger partial charge on any atom is -0.469 e. The Morgan fingerprint density at radius 3 is 1.37 bits per heavy atom. The molecule has 4 atom stereocenters. The predicted octanol–water partition coefficient (Wildman–Crippen LogP) is 1.22. The van der Waals surface area contributed by atoms with Gasteiger partial charge in [0.1, 0.15) is 0 Å². The summed E-state index contributed by atoms with van der Waals surface area (Å²) in [6.07, 6.45) is 0. The largest absolute Gasteiger partial charge is 0.469 e. The predicted molar refractivity (Wildman–Crippen MR) is 71.4 cm³/mol. The third-order valence-electron chi connectivity index (χ3n) is 3.93. The third kappa shape index (κ3) is 3.08. The van der Waals surface area contributed by atoms with Gasteiger partial charge in [0.25, 0.3) is 0 Å². The molecule has 0 aromatic rings. The lowest BCUT2D eigenvalue weighted by atomic mass is 9.80. The van der Waals surface area contributed by atoms with Gasteiger partial charge in [-0.05, 0) is 11.8 Å². The first kappa shape index (κ1) is 16.0. The van der Waals surface area contributed by atoms with Crippen LogP contribution in [0.2, 0.25) is 0 Å². The molecule has 0 radical (unpaired) electrons. The van der Waals surface area contributed by atoms with Crippen LogP contribution < -0.4 is 5.32 Å². The molecule has 1 N–H and O–H groups in total. The molecule has 5 heteroatoms. The number of carbonyl (C=O) groups excluding carboxylic acids is 2. The Hall–Kier alpha value is -1.10. The van der Waals surface area contributed by atoms with Crippen LogP contribution in [0, 0.1) is 23.7 Å². The van der Waals surface area contributed by atoms with E-state index in [4.69, 9.17) is 9.47 Å². The van der Waals surface area contributed by atoms with Crippen molar-refractivity contribution in [2.24, 2.45) is 23.7 Å². The van der Waals surface area contributed by atoms with Crippen LogP contribution in [0.25, 0.3) is 0 Å². The second kappa shape index (κ2) is 6.37. The first-order valence-electron chi connectivity index (χ1n) is 6.76. The average Bonchev–Trinajstić information content (AvgIpc) is 2.77. The van der Waals surface area contributed by atoms with Gasteiger partial charge in [-0.25, -0.2) is 0 Å². The van der Waals surface area contributed by atoms with Crippen LogP contribution in [0.3, 0.4) is 0 Å². The van der Waals surface area contributed by atoms with Crippen molar-refractivity contribution in [3.8, 4) is 0 Å². The molecule has 0 saturated carbocycles. The van der Waals surface area contributed by atoms with Gasteiger partial charge in [-0.3, -0.25) is 9.59 Å². The summed E-state index contributed by atoms with van der Waals surface area (Å²) in [5, 5.41) is 3.42. The highest BCUT2D eigenvalue weighted by Crippen LogP contribution is 2.36. The summed E-state index contributed by atoms with van der Waals surface area (Å²) >= 11 is 0. The highest BCUT2D eigenvalue weighted by molar-refractivity contribution is 5.84. The van der Waals surface area contributed by atoms with Crippen LogP contribution in [0.5, 0.6) is 0 Å². The first-order valence-corrected chi connectivity index (χ1v) is 6.76. The second-order valence-electron chi connectivity index (χ2n) is 5.80. The molecule has 0 aromatic carbocycles. The fourth-order valence-corrected chi connectivity index (χ4v) is 2.95. The summed E-state index contributed by atoms with van der Waals surface area (Å²) in [6.45, 7) is 8.13. The Balaban J connectivity index is 3.14. The van der Waals surface area contributed by atoms with Crippen molar-refractivity contribution in [3.05, 3.63) is 0 Å². The molecule has 5 nitrogen and oxygen atoms in total. The summed E-state index contributed by atoms with van der Waals surface area (Å²) in [5.41, 5.74) is 0. The molecule has 1 aliphatic heterocycles. The van der Waals surface area contributed by atoms with Gasteiger partial charge < -0.3 is 14.8 Å². The van der Waals surface area contributed by atoms with Crippen LogP contribution in [0.1, 0.15) is 27.7 Å². The number of methoxy groups -OCH3 is 2. The van der Waals surface area contributed by atoms with Gasteiger partial charge in [-0.15, -0.1) is 0 Å². The van der Waals surface area contributed by atoms with Crippen molar-refractivity contribution >= 4 is 11.9 Å². The normalized spacial score (nSPS) is 30.7. The molecular weight excluding hydrogens is 246 g/mol. The SMILES string of the molecule is COC(=O)[C@@H]1[C@@H](C(=O)OC)[C@H](C(C)C)N[C@@H]1C(C)C. The van der Waals surface area contributed by atoms with Gasteiger partial charge in [-0.1, -0.05) is 27.7 Å². The number of nitrogens with one attached hydrogen (secondary N) is 1. The Bertz CT molecular complexity index is 308. The van der Waals surface area contributed by atoms with E-state index in [0.29, 0.717) is 0 Å². The van der Waals surface area contributed by atoms with Crippen molar-refractivity contribution in [2.45, 2.75) is 39.8 Å². The van der Waals surface area contributed by atoms with Crippen LogP contribution in [-0.4, -0.2) is 38.2 Å². The summed E-state index contributed by atoms with van der Waals surface area (Å²) in [5.74, 6) is -1.18. The molecule has 0 aliphatic carbocycles. The van der Waals surface area contributed by atoms with Crippen LogP contribution in [-0.2, 0) is 19.1 Å². The standard InChI is InChI=1S/C14H25NO4/c1-7(2)11-9(13(16)18-5)10(14(17)19-6)12(15-11)8(3)4/h7-12,15H,1-6H3/t9-,10-,11-,12+/m1/s1. The van der Waals surface area contributed by atoms with E-state index in [-0.39, 0.29) is 35.9 Å². The molecule has 1 saturated heterocycles.